The molecule has 0 amide bonds. The van der Waals surface area contributed by atoms with E-state index < -0.39 is 0 Å². The van der Waals surface area contributed by atoms with E-state index in [4.69, 9.17) is 0 Å². The molecule has 0 atom stereocenters. The Morgan fingerprint density at radius 3 is 2.92 bits per heavy atom. The number of likely N-dealkylation sites (tertiary alicyclic amines) is 1. The summed E-state index contributed by atoms with van der Waals surface area (Å²) in [5.41, 5.74) is 1.31. The highest BCUT2D eigenvalue weighted by Gasteiger charge is 2.24. The lowest BCUT2D eigenvalue weighted by atomic mass is 9.89. The average molecular weight is 177 g/mol. The Balaban J connectivity index is 1.85. The van der Waals surface area contributed by atoms with Crippen LogP contribution >= 0.6 is 0 Å². The highest BCUT2D eigenvalue weighted by Crippen LogP contribution is 2.24. The lowest BCUT2D eigenvalue weighted by Gasteiger charge is -2.36. The SMILES string of the molecule is CN1CC(CC2=CC=CC(=O)C2)C1. The van der Waals surface area contributed by atoms with Crippen molar-refractivity contribution in [2.75, 3.05) is 20.1 Å². The van der Waals surface area contributed by atoms with Gasteiger partial charge in [0.05, 0.1) is 0 Å². The van der Waals surface area contributed by atoms with Crippen LogP contribution < -0.4 is 0 Å². The van der Waals surface area contributed by atoms with E-state index in [0.717, 1.165) is 12.3 Å². The fourth-order valence-electron chi connectivity index (χ4n) is 2.10. The van der Waals surface area contributed by atoms with Crippen LogP contribution in [0, 0.1) is 5.92 Å². The molecule has 0 N–H and O–H groups in total. The van der Waals surface area contributed by atoms with Gasteiger partial charge in [-0.3, -0.25) is 4.79 Å². The van der Waals surface area contributed by atoms with E-state index in [9.17, 15) is 4.79 Å². The maximum absolute atomic E-state index is 11.1. The molecule has 1 aliphatic heterocycles. The van der Waals surface area contributed by atoms with Crippen molar-refractivity contribution in [2.45, 2.75) is 12.8 Å². The van der Waals surface area contributed by atoms with E-state index in [2.05, 4.69) is 18.0 Å². The maximum atomic E-state index is 11.1. The second-order valence-electron chi connectivity index (χ2n) is 4.12. The molecule has 0 aromatic carbocycles. The Bertz CT molecular complexity index is 272. The number of carbonyl (C=O) groups is 1. The van der Waals surface area contributed by atoms with E-state index in [-0.39, 0.29) is 5.78 Å². The summed E-state index contributed by atoms with van der Waals surface area (Å²) in [6.07, 6.45) is 7.40. The van der Waals surface area contributed by atoms with E-state index in [1.807, 2.05) is 6.08 Å². The molecule has 2 heteroatoms. The molecule has 1 aliphatic carbocycles. The van der Waals surface area contributed by atoms with Gasteiger partial charge < -0.3 is 4.90 Å². The van der Waals surface area contributed by atoms with Crippen molar-refractivity contribution >= 4 is 5.78 Å². The molecule has 2 aliphatic rings. The zero-order valence-electron chi connectivity index (χ0n) is 7.99. The standard InChI is InChI=1S/C11H15NO/c1-12-7-10(8-12)5-9-3-2-4-11(13)6-9/h2-4,10H,5-8H2,1H3. The van der Waals surface area contributed by atoms with Gasteiger partial charge in [-0.2, -0.15) is 0 Å². The minimum Gasteiger partial charge on any atom is -0.306 e. The fourth-order valence-corrected chi connectivity index (χ4v) is 2.10. The zero-order valence-corrected chi connectivity index (χ0v) is 7.99. The van der Waals surface area contributed by atoms with Crippen molar-refractivity contribution in [1.29, 1.82) is 0 Å². The summed E-state index contributed by atoms with van der Waals surface area (Å²) in [6, 6.07) is 0. The molecule has 1 heterocycles. The van der Waals surface area contributed by atoms with Crippen LogP contribution in [0.2, 0.25) is 0 Å². The third-order valence-electron chi connectivity index (χ3n) is 2.71. The summed E-state index contributed by atoms with van der Waals surface area (Å²) < 4.78 is 0. The van der Waals surface area contributed by atoms with Crippen molar-refractivity contribution in [3.63, 3.8) is 0 Å². The number of carbonyl (C=O) groups excluding carboxylic acids is 1. The van der Waals surface area contributed by atoms with Gasteiger partial charge in [0.15, 0.2) is 5.78 Å². The quantitative estimate of drug-likeness (QED) is 0.635. The smallest absolute Gasteiger partial charge is 0.159 e. The Hall–Kier alpha value is -0.890. The number of nitrogens with zero attached hydrogens (tertiary/aromatic N) is 1. The first-order chi connectivity index (χ1) is 6.24. The molecule has 2 rings (SSSR count). The molecule has 1 fully saturated rings. The molecule has 0 spiro atoms. The monoisotopic (exact) mass is 177 g/mol. The molecule has 13 heavy (non-hydrogen) atoms. The summed E-state index contributed by atoms with van der Waals surface area (Å²) in [6.45, 7) is 2.38. The van der Waals surface area contributed by atoms with E-state index in [0.29, 0.717) is 6.42 Å². The normalized spacial score (nSPS) is 24.4. The van der Waals surface area contributed by atoms with Crippen molar-refractivity contribution in [1.82, 2.24) is 4.90 Å². The Kier molecular flexibility index (Phi) is 2.32. The Morgan fingerprint density at radius 2 is 2.31 bits per heavy atom. The van der Waals surface area contributed by atoms with Gasteiger partial charge in [-0.05, 0) is 25.5 Å². The molecule has 2 nitrogen and oxygen atoms in total. The van der Waals surface area contributed by atoms with Crippen LogP contribution in [-0.2, 0) is 4.79 Å². The summed E-state index contributed by atoms with van der Waals surface area (Å²) >= 11 is 0. The van der Waals surface area contributed by atoms with Crippen molar-refractivity contribution in [3.8, 4) is 0 Å². The number of allylic oxidation sites excluding steroid dienone is 4. The van der Waals surface area contributed by atoms with Gasteiger partial charge in [-0.25, -0.2) is 0 Å². The largest absolute Gasteiger partial charge is 0.306 e. The first-order valence-corrected chi connectivity index (χ1v) is 4.81. The third kappa shape index (κ3) is 2.07. The highest BCUT2D eigenvalue weighted by atomic mass is 16.1. The third-order valence-corrected chi connectivity index (χ3v) is 2.71. The minimum absolute atomic E-state index is 0.255. The minimum atomic E-state index is 0.255. The lowest BCUT2D eigenvalue weighted by Crippen LogP contribution is -2.43. The van der Waals surface area contributed by atoms with Crippen LogP contribution in [0.4, 0.5) is 0 Å². The number of hydrogen-bond donors (Lipinski definition) is 0. The number of ketones is 1. The summed E-state index contributed by atoms with van der Waals surface area (Å²) in [5, 5.41) is 0. The topological polar surface area (TPSA) is 20.3 Å². The number of hydrogen-bond acceptors (Lipinski definition) is 2. The first-order valence-electron chi connectivity index (χ1n) is 4.81. The average Bonchev–Trinajstić information content (AvgIpc) is 2.01. The summed E-state index contributed by atoms with van der Waals surface area (Å²) in [4.78, 5) is 13.4. The molecule has 70 valence electrons. The predicted octanol–water partition coefficient (Wildman–Crippen LogP) is 1.39. The zero-order chi connectivity index (χ0) is 9.26. The van der Waals surface area contributed by atoms with Gasteiger partial charge in [0, 0.05) is 19.5 Å². The van der Waals surface area contributed by atoms with Gasteiger partial charge >= 0.3 is 0 Å². The van der Waals surface area contributed by atoms with Crippen LogP contribution in [0.15, 0.2) is 23.8 Å². The summed E-state index contributed by atoms with van der Waals surface area (Å²) in [7, 11) is 2.14. The molecule has 0 unspecified atom stereocenters. The second-order valence-corrected chi connectivity index (χ2v) is 4.12. The van der Waals surface area contributed by atoms with Crippen LogP contribution in [0.3, 0.4) is 0 Å². The van der Waals surface area contributed by atoms with Gasteiger partial charge in [0.2, 0.25) is 0 Å². The predicted molar refractivity (Wildman–Crippen MR) is 52.5 cm³/mol. The molecule has 0 saturated carbocycles. The number of rotatable bonds is 2. The van der Waals surface area contributed by atoms with Gasteiger partial charge in [-0.15, -0.1) is 0 Å². The maximum Gasteiger partial charge on any atom is 0.159 e. The van der Waals surface area contributed by atoms with Gasteiger partial charge in [0.1, 0.15) is 0 Å². The lowest BCUT2D eigenvalue weighted by molar-refractivity contribution is -0.114. The van der Waals surface area contributed by atoms with Gasteiger partial charge in [-0.1, -0.05) is 17.7 Å². The van der Waals surface area contributed by atoms with Gasteiger partial charge in [0.25, 0.3) is 0 Å². The second kappa shape index (κ2) is 3.46. The van der Waals surface area contributed by atoms with Crippen LogP contribution in [0.1, 0.15) is 12.8 Å². The Morgan fingerprint density at radius 1 is 1.54 bits per heavy atom. The molecular formula is C11H15NO. The van der Waals surface area contributed by atoms with Crippen LogP contribution in [0.25, 0.3) is 0 Å². The van der Waals surface area contributed by atoms with E-state index >= 15 is 0 Å². The van der Waals surface area contributed by atoms with Crippen molar-refractivity contribution in [3.05, 3.63) is 23.8 Å². The highest BCUT2D eigenvalue weighted by molar-refractivity contribution is 5.92. The molecular weight excluding hydrogens is 162 g/mol. The van der Waals surface area contributed by atoms with Crippen molar-refractivity contribution < 1.29 is 4.79 Å². The molecule has 0 radical (unpaired) electrons. The Labute approximate surface area is 78.9 Å². The molecule has 1 saturated heterocycles. The molecule has 0 aromatic heterocycles. The molecule has 0 bridgehead atoms. The van der Waals surface area contributed by atoms with Crippen molar-refractivity contribution in [2.24, 2.45) is 5.92 Å². The van der Waals surface area contributed by atoms with Crippen LogP contribution in [-0.4, -0.2) is 30.8 Å². The van der Waals surface area contributed by atoms with E-state index in [1.165, 1.54) is 18.7 Å². The van der Waals surface area contributed by atoms with E-state index in [1.54, 1.807) is 6.08 Å². The first kappa shape index (κ1) is 8.70. The molecule has 0 aromatic rings. The summed E-state index contributed by atoms with van der Waals surface area (Å²) in [5.74, 6) is 1.04. The fraction of sp³-hybridized carbons (Fsp3) is 0.545. The van der Waals surface area contributed by atoms with Crippen LogP contribution in [0.5, 0.6) is 0 Å².